The fourth-order valence-corrected chi connectivity index (χ4v) is 1.26. The lowest BCUT2D eigenvalue weighted by molar-refractivity contribution is -0.141. The molecule has 0 saturated carbocycles. The number of hydrazine groups is 1. The summed E-state index contributed by atoms with van der Waals surface area (Å²) in [6.45, 7) is 2.99. The zero-order valence-corrected chi connectivity index (χ0v) is 11.0. The Kier molecular flexibility index (Phi) is 6.46. The number of unbranched alkanes of at least 4 members (excludes halogenated alkanes) is 1. The van der Waals surface area contributed by atoms with Gasteiger partial charge in [0.1, 0.15) is 6.61 Å². The number of rotatable bonds is 8. The van der Waals surface area contributed by atoms with Crippen molar-refractivity contribution in [3.05, 3.63) is 11.8 Å². The van der Waals surface area contributed by atoms with Crippen molar-refractivity contribution < 1.29 is 22.6 Å². The molecule has 1 aromatic heterocycles. The Morgan fingerprint density at radius 1 is 1.25 bits per heavy atom. The molecule has 1 rings (SSSR count). The van der Waals surface area contributed by atoms with Crippen molar-refractivity contribution in [3.63, 3.8) is 0 Å². The minimum absolute atomic E-state index is 0.0992. The highest BCUT2D eigenvalue weighted by Crippen LogP contribution is 2.30. The van der Waals surface area contributed by atoms with E-state index in [4.69, 9.17) is 15.3 Å². The normalized spacial score (nSPS) is 11.4. The van der Waals surface area contributed by atoms with Gasteiger partial charge >= 0.3 is 6.18 Å². The van der Waals surface area contributed by atoms with Crippen molar-refractivity contribution in [2.24, 2.45) is 5.84 Å². The van der Waals surface area contributed by atoms with Gasteiger partial charge in [0, 0.05) is 12.7 Å². The van der Waals surface area contributed by atoms with E-state index < -0.39 is 11.9 Å². The van der Waals surface area contributed by atoms with E-state index in [0.29, 0.717) is 12.7 Å². The summed E-state index contributed by atoms with van der Waals surface area (Å²) in [7, 11) is 0. The zero-order chi connectivity index (χ0) is 15.0. The van der Waals surface area contributed by atoms with Crippen molar-refractivity contribution in [3.8, 4) is 5.88 Å². The minimum Gasteiger partial charge on any atom is -0.475 e. The van der Waals surface area contributed by atoms with Crippen LogP contribution >= 0.6 is 0 Å². The number of nitrogens with one attached hydrogen (secondary N) is 1. The highest BCUT2D eigenvalue weighted by atomic mass is 19.4. The fourth-order valence-electron chi connectivity index (χ4n) is 1.26. The lowest BCUT2D eigenvalue weighted by Gasteiger charge is -2.11. The van der Waals surface area contributed by atoms with Crippen molar-refractivity contribution in [1.29, 1.82) is 0 Å². The van der Waals surface area contributed by atoms with Gasteiger partial charge in [0.15, 0.2) is 5.69 Å². The molecule has 0 aliphatic carbocycles. The second kappa shape index (κ2) is 7.85. The molecule has 0 aliphatic heterocycles. The number of halogens is 3. The number of nitrogens with zero attached hydrogens (tertiary/aromatic N) is 2. The molecule has 1 aromatic rings. The average Bonchev–Trinajstić information content (AvgIpc) is 2.41. The van der Waals surface area contributed by atoms with Gasteiger partial charge in [0.25, 0.3) is 0 Å². The third-order valence-corrected chi connectivity index (χ3v) is 2.24. The second-order valence-corrected chi connectivity index (χ2v) is 3.87. The number of nitrogen functional groups attached to an aromatic ring is 1. The predicted octanol–water partition coefficient (Wildman–Crippen LogP) is 1.98. The number of hydrogen-bond acceptors (Lipinski definition) is 6. The molecule has 0 aromatic carbocycles. The fraction of sp³-hybridized carbons (Fsp3) is 0.636. The van der Waals surface area contributed by atoms with Crippen LogP contribution in [0.5, 0.6) is 5.88 Å². The van der Waals surface area contributed by atoms with Crippen LogP contribution < -0.4 is 16.0 Å². The van der Waals surface area contributed by atoms with E-state index in [1.807, 2.05) is 12.3 Å². The molecule has 0 bridgehead atoms. The Balaban J connectivity index is 2.56. The van der Waals surface area contributed by atoms with Crippen LogP contribution in [0, 0.1) is 0 Å². The van der Waals surface area contributed by atoms with Crippen molar-refractivity contribution in [2.75, 3.05) is 25.2 Å². The Morgan fingerprint density at radius 2 is 2.00 bits per heavy atom. The maximum absolute atomic E-state index is 12.6. The van der Waals surface area contributed by atoms with Crippen LogP contribution in [0.25, 0.3) is 0 Å². The monoisotopic (exact) mass is 294 g/mol. The van der Waals surface area contributed by atoms with Crippen LogP contribution in [-0.2, 0) is 10.9 Å². The van der Waals surface area contributed by atoms with Crippen LogP contribution in [0.1, 0.15) is 25.5 Å². The standard InChI is InChI=1S/C11H17F3N4O2/c1-2-3-4-19-5-6-20-9-7-8(11(12,13)14)16-10(17-9)18-15/h7H,2-6,15H2,1H3,(H,16,17,18). The quantitative estimate of drug-likeness (QED) is 0.433. The largest absolute Gasteiger partial charge is 0.475 e. The second-order valence-electron chi connectivity index (χ2n) is 3.87. The van der Waals surface area contributed by atoms with Crippen molar-refractivity contribution in [2.45, 2.75) is 25.9 Å². The summed E-state index contributed by atoms with van der Waals surface area (Å²) < 4.78 is 48.0. The number of nitrogens with two attached hydrogens (primary N) is 1. The summed E-state index contributed by atoms with van der Waals surface area (Å²) in [4.78, 5) is 6.88. The third-order valence-electron chi connectivity index (χ3n) is 2.24. The summed E-state index contributed by atoms with van der Waals surface area (Å²) in [6.07, 6.45) is -2.66. The van der Waals surface area contributed by atoms with Gasteiger partial charge in [-0.25, -0.2) is 10.8 Å². The lowest BCUT2D eigenvalue weighted by atomic mass is 10.4. The van der Waals surface area contributed by atoms with Crippen molar-refractivity contribution >= 4 is 5.95 Å². The number of ether oxygens (including phenoxy) is 2. The van der Waals surface area contributed by atoms with E-state index in [1.165, 1.54) is 0 Å². The maximum atomic E-state index is 12.6. The topological polar surface area (TPSA) is 82.3 Å². The molecular formula is C11H17F3N4O2. The summed E-state index contributed by atoms with van der Waals surface area (Å²) in [6, 6.07) is 0.715. The SMILES string of the molecule is CCCCOCCOc1cc(C(F)(F)F)nc(NN)n1. The molecule has 0 radical (unpaired) electrons. The van der Waals surface area contributed by atoms with Gasteiger partial charge in [-0.05, 0) is 6.42 Å². The highest BCUT2D eigenvalue weighted by molar-refractivity contribution is 5.30. The Hall–Kier alpha value is -1.61. The number of anilines is 1. The van der Waals surface area contributed by atoms with E-state index >= 15 is 0 Å². The molecule has 1 heterocycles. The molecule has 0 atom stereocenters. The van der Waals surface area contributed by atoms with E-state index in [9.17, 15) is 13.2 Å². The third kappa shape index (κ3) is 5.57. The molecule has 3 N–H and O–H groups in total. The molecule has 6 nitrogen and oxygen atoms in total. The summed E-state index contributed by atoms with van der Waals surface area (Å²) in [5.41, 5.74) is 0.842. The van der Waals surface area contributed by atoms with Crippen LogP contribution in [0.4, 0.5) is 19.1 Å². The van der Waals surface area contributed by atoms with E-state index in [-0.39, 0.29) is 25.0 Å². The first kappa shape index (κ1) is 16.4. The minimum atomic E-state index is -4.59. The molecule has 9 heteroatoms. The number of hydrogen-bond donors (Lipinski definition) is 2. The van der Waals surface area contributed by atoms with Gasteiger partial charge in [-0.1, -0.05) is 13.3 Å². The maximum Gasteiger partial charge on any atom is 0.433 e. The van der Waals surface area contributed by atoms with Gasteiger partial charge in [-0.3, -0.25) is 5.43 Å². The van der Waals surface area contributed by atoms with Gasteiger partial charge < -0.3 is 9.47 Å². The van der Waals surface area contributed by atoms with Crippen LogP contribution in [0.15, 0.2) is 6.07 Å². The molecule has 0 unspecified atom stereocenters. The van der Waals surface area contributed by atoms with Crippen molar-refractivity contribution in [1.82, 2.24) is 9.97 Å². The molecule has 0 fully saturated rings. The van der Waals surface area contributed by atoms with Crippen LogP contribution in [-0.4, -0.2) is 29.8 Å². The summed E-state index contributed by atoms with van der Waals surface area (Å²) in [5.74, 6) is 4.45. The number of aromatic nitrogens is 2. The molecular weight excluding hydrogens is 277 g/mol. The van der Waals surface area contributed by atoms with E-state index in [2.05, 4.69) is 9.97 Å². The smallest absolute Gasteiger partial charge is 0.433 e. The number of alkyl halides is 3. The molecule has 0 saturated heterocycles. The average molecular weight is 294 g/mol. The Morgan fingerprint density at radius 3 is 2.60 bits per heavy atom. The van der Waals surface area contributed by atoms with Gasteiger partial charge in [0.2, 0.25) is 11.8 Å². The highest BCUT2D eigenvalue weighted by Gasteiger charge is 2.34. The van der Waals surface area contributed by atoms with Crippen LogP contribution in [0.3, 0.4) is 0 Å². The van der Waals surface area contributed by atoms with Gasteiger partial charge in [-0.15, -0.1) is 0 Å². The molecule has 0 spiro atoms. The molecule has 114 valence electrons. The molecule has 0 amide bonds. The first-order chi connectivity index (χ1) is 9.47. The van der Waals surface area contributed by atoms with Gasteiger partial charge in [-0.2, -0.15) is 18.2 Å². The molecule has 20 heavy (non-hydrogen) atoms. The first-order valence-corrected chi connectivity index (χ1v) is 6.10. The molecule has 0 aliphatic rings. The summed E-state index contributed by atoms with van der Waals surface area (Å²) >= 11 is 0. The zero-order valence-electron chi connectivity index (χ0n) is 11.0. The van der Waals surface area contributed by atoms with Crippen LogP contribution in [0.2, 0.25) is 0 Å². The predicted molar refractivity (Wildman–Crippen MR) is 66.1 cm³/mol. The first-order valence-electron chi connectivity index (χ1n) is 6.10. The van der Waals surface area contributed by atoms with E-state index in [0.717, 1.165) is 12.8 Å². The Labute approximate surface area is 114 Å². The Bertz CT molecular complexity index is 415. The lowest BCUT2D eigenvalue weighted by Crippen LogP contribution is -2.17. The summed E-state index contributed by atoms with van der Waals surface area (Å²) in [5, 5.41) is 0. The van der Waals surface area contributed by atoms with E-state index in [1.54, 1.807) is 0 Å². The van der Waals surface area contributed by atoms with Gasteiger partial charge in [0.05, 0.1) is 6.61 Å².